The molecule has 1 heterocycles. The fourth-order valence-corrected chi connectivity index (χ4v) is 6.43. The number of ketones is 1. The second kappa shape index (κ2) is 11.3. The van der Waals surface area contributed by atoms with Crippen molar-refractivity contribution in [2.75, 3.05) is 4.90 Å². The van der Waals surface area contributed by atoms with E-state index in [1.807, 2.05) is 64.1 Å². The number of nitro benzene ring substituents is 1. The third kappa shape index (κ3) is 5.53. The first-order valence-electron chi connectivity index (χ1n) is 13.7. The summed E-state index contributed by atoms with van der Waals surface area (Å²) in [7, 11) is 0. The summed E-state index contributed by atoms with van der Waals surface area (Å²) in [5, 5.41) is 22.5. The molecule has 0 amide bonds. The van der Waals surface area contributed by atoms with Crippen molar-refractivity contribution in [3.05, 3.63) is 120 Å². The number of nitrogens with zero attached hydrogens (tertiary/aromatic N) is 3. The summed E-state index contributed by atoms with van der Waals surface area (Å²) in [6.45, 7) is 8.01. The van der Waals surface area contributed by atoms with Crippen LogP contribution in [-0.4, -0.2) is 10.7 Å². The van der Waals surface area contributed by atoms with Crippen LogP contribution in [0.2, 0.25) is 0 Å². The van der Waals surface area contributed by atoms with Crippen molar-refractivity contribution in [2.45, 2.75) is 53.1 Å². The number of hydrogen-bond acceptors (Lipinski definition) is 7. The van der Waals surface area contributed by atoms with Crippen molar-refractivity contribution in [1.29, 1.82) is 5.26 Å². The van der Waals surface area contributed by atoms with Gasteiger partial charge in [0.1, 0.15) is 29.7 Å². The van der Waals surface area contributed by atoms with E-state index in [1.165, 1.54) is 11.0 Å². The van der Waals surface area contributed by atoms with E-state index in [0.29, 0.717) is 23.4 Å². The lowest BCUT2D eigenvalue weighted by Crippen LogP contribution is -2.42. The number of halogens is 2. The van der Waals surface area contributed by atoms with E-state index in [9.17, 15) is 24.6 Å². The van der Waals surface area contributed by atoms with E-state index in [1.54, 1.807) is 0 Å². The molecule has 0 fully saturated rings. The molecular formula is C33H30BrFN4O4. The highest BCUT2D eigenvalue weighted by atomic mass is 79.9. The molecule has 0 saturated carbocycles. The molecule has 220 valence electrons. The number of aryl methyl sites for hydroxylation is 2. The zero-order chi connectivity index (χ0) is 31.2. The Kier molecular flexibility index (Phi) is 7.88. The summed E-state index contributed by atoms with van der Waals surface area (Å²) in [4.78, 5) is 26.7. The fourth-order valence-electron chi connectivity index (χ4n) is 6.03. The minimum atomic E-state index is -0.790. The molecule has 5 rings (SSSR count). The quantitative estimate of drug-likeness (QED) is 0.216. The number of nitrogens with two attached hydrogens (primary N) is 1. The van der Waals surface area contributed by atoms with Crippen LogP contribution in [-0.2, 0) is 11.4 Å². The predicted molar refractivity (Wildman–Crippen MR) is 165 cm³/mol. The molecule has 43 heavy (non-hydrogen) atoms. The van der Waals surface area contributed by atoms with Gasteiger partial charge in [-0.05, 0) is 88.1 Å². The Morgan fingerprint density at radius 2 is 1.88 bits per heavy atom. The standard InChI is InChI=1S/C33H30BrFN4O4/c1-18-11-19(2)22(12-20(18)17-43-29-8-6-5-7-24(29)34)30-23(16-36)32(37)38(25-10-9-21(35)13-26(25)39(41)42)27-14-33(3,4)15-28(40)31(27)30/h5-13,30H,14-15,17,37H2,1-4H3. The molecule has 2 aliphatic rings. The fraction of sp³-hybridized carbons (Fsp3) is 0.273. The van der Waals surface area contributed by atoms with Gasteiger partial charge in [-0.25, -0.2) is 4.39 Å². The second-order valence-electron chi connectivity index (χ2n) is 11.7. The maximum atomic E-state index is 14.1. The molecule has 1 unspecified atom stereocenters. The van der Waals surface area contributed by atoms with Crippen LogP contribution in [0, 0.1) is 46.5 Å². The van der Waals surface area contributed by atoms with Gasteiger partial charge in [-0.1, -0.05) is 38.1 Å². The van der Waals surface area contributed by atoms with Gasteiger partial charge >= 0.3 is 0 Å². The molecule has 1 aliphatic carbocycles. The minimum Gasteiger partial charge on any atom is -0.488 e. The number of carbonyl (C=O) groups is 1. The van der Waals surface area contributed by atoms with Crippen molar-refractivity contribution < 1.29 is 18.8 Å². The van der Waals surface area contributed by atoms with Gasteiger partial charge in [-0.2, -0.15) is 5.26 Å². The summed E-state index contributed by atoms with van der Waals surface area (Å²) in [5.41, 5.74) is 10.1. The maximum Gasteiger partial charge on any atom is 0.296 e. The van der Waals surface area contributed by atoms with Crippen LogP contribution in [0.25, 0.3) is 0 Å². The lowest BCUT2D eigenvalue weighted by Gasteiger charge is -2.43. The van der Waals surface area contributed by atoms with Crippen LogP contribution in [0.4, 0.5) is 15.8 Å². The molecule has 1 atom stereocenters. The molecule has 10 heteroatoms. The monoisotopic (exact) mass is 644 g/mol. The highest BCUT2D eigenvalue weighted by molar-refractivity contribution is 9.10. The van der Waals surface area contributed by atoms with Crippen LogP contribution in [0.3, 0.4) is 0 Å². The SMILES string of the molecule is Cc1cc(C)c(C2C(C#N)=C(N)N(c3ccc(F)cc3[N+](=O)[O-])C3=C2C(=O)CC(C)(C)C3)cc1COc1ccccc1Br. The van der Waals surface area contributed by atoms with Crippen molar-refractivity contribution in [2.24, 2.45) is 11.1 Å². The molecule has 3 aromatic carbocycles. The number of carbonyl (C=O) groups excluding carboxylic acids is 1. The number of anilines is 1. The third-order valence-corrected chi connectivity index (χ3v) is 8.67. The lowest BCUT2D eigenvalue weighted by atomic mass is 9.68. The summed E-state index contributed by atoms with van der Waals surface area (Å²) >= 11 is 3.51. The Labute approximate surface area is 257 Å². The van der Waals surface area contributed by atoms with E-state index >= 15 is 0 Å². The Balaban J connectivity index is 1.71. The van der Waals surface area contributed by atoms with E-state index in [0.717, 1.165) is 38.9 Å². The zero-order valence-corrected chi connectivity index (χ0v) is 25.8. The lowest BCUT2D eigenvalue weighted by molar-refractivity contribution is -0.384. The topological polar surface area (TPSA) is 122 Å². The van der Waals surface area contributed by atoms with Gasteiger partial charge in [0.05, 0.1) is 33.0 Å². The molecule has 3 aromatic rings. The van der Waals surface area contributed by atoms with E-state index in [2.05, 4.69) is 22.0 Å². The molecule has 0 spiro atoms. The number of para-hydroxylation sites is 1. The molecule has 0 radical (unpaired) electrons. The van der Waals surface area contributed by atoms with Crippen molar-refractivity contribution in [3.63, 3.8) is 0 Å². The van der Waals surface area contributed by atoms with Gasteiger partial charge < -0.3 is 10.5 Å². The first-order valence-corrected chi connectivity index (χ1v) is 14.5. The molecule has 1 aliphatic heterocycles. The van der Waals surface area contributed by atoms with Crippen LogP contribution in [0.5, 0.6) is 5.75 Å². The van der Waals surface area contributed by atoms with E-state index in [4.69, 9.17) is 10.5 Å². The highest BCUT2D eigenvalue weighted by Gasteiger charge is 2.46. The number of allylic oxidation sites excluding steroid dienone is 3. The number of benzene rings is 3. The summed E-state index contributed by atoms with van der Waals surface area (Å²) in [5.74, 6) is -1.10. The van der Waals surface area contributed by atoms with Crippen LogP contribution in [0.1, 0.15) is 54.9 Å². The van der Waals surface area contributed by atoms with Gasteiger partial charge in [0.2, 0.25) is 0 Å². The Morgan fingerprint density at radius 1 is 1.16 bits per heavy atom. The molecule has 0 bridgehead atoms. The smallest absolute Gasteiger partial charge is 0.296 e. The van der Waals surface area contributed by atoms with Gasteiger partial charge in [-0.15, -0.1) is 0 Å². The number of nitro groups is 1. The van der Waals surface area contributed by atoms with Crippen molar-refractivity contribution >= 4 is 33.1 Å². The number of nitriles is 1. The maximum absolute atomic E-state index is 14.1. The minimum absolute atomic E-state index is 0.00347. The van der Waals surface area contributed by atoms with Gasteiger partial charge in [0.25, 0.3) is 5.69 Å². The van der Waals surface area contributed by atoms with Crippen LogP contribution in [0.15, 0.2) is 81.7 Å². The van der Waals surface area contributed by atoms with Crippen LogP contribution >= 0.6 is 15.9 Å². The molecular weight excluding hydrogens is 615 g/mol. The third-order valence-electron chi connectivity index (χ3n) is 8.01. The number of rotatable bonds is 6. The normalized spacial score (nSPS) is 17.9. The molecule has 2 N–H and O–H groups in total. The zero-order valence-electron chi connectivity index (χ0n) is 24.2. The number of hydrogen-bond donors (Lipinski definition) is 1. The highest BCUT2D eigenvalue weighted by Crippen LogP contribution is 2.52. The van der Waals surface area contributed by atoms with Gasteiger partial charge in [0.15, 0.2) is 5.78 Å². The first kappa shape index (κ1) is 30.0. The second-order valence-corrected chi connectivity index (χ2v) is 12.6. The average molecular weight is 646 g/mol. The summed E-state index contributed by atoms with van der Waals surface area (Å²) in [6.07, 6.45) is 0.588. The average Bonchev–Trinajstić information content (AvgIpc) is 2.92. The first-order chi connectivity index (χ1) is 20.3. The Morgan fingerprint density at radius 3 is 2.56 bits per heavy atom. The van der Waals surface area contributed by atoms with Crippen LogP contribution < -0.4 is 15.4 Å². The van der Waals surface area contributed by atoms with Gasteiger partial charge in [0, 0.05) is 17.7 Å². The van der Waals surface area contributed by atoms with Crippen molar-refractivity contribution in [3.8, 4) is 11.8 Å². The summed E-state index contributed by atoms with van der Waals surface area (Å²) in [6, 6.07) is 16.9. The molecule has 8 nitrogen and oxygen atoms in total. The van der Waals surface area contributed by atoms with E-state index in [-0.39, 0.29) is 35.9 Å². The Bertz CT molecular complexity index is 1790. The predicted octanol–water partition coefficient (Wildman–Crippen LogP) is 7.63. The molecule has 0 saturated heterocycles. The van der Waals surface area contributed by atoms with Gasteiger partial charge in [-0.3, -0.25) is 19.8 Å². The number of ether oxygens (including phenoxy) is 1. The Hall–Kier alpha value is -4.49. The van der Waals surface area contributed by atoms with Crippen molar-refractivity contribution in [1.82, 2.24) is 0 Å². The van der Waals surface area contributed by atoms with E-state index < -0.39 is 27.8 Å². The largest absolute Gasteiger partial charge is 0.488 e. The molecule has 0 aromatic heterocycles. The number of Topliss-reactive ketones (excluding diaryl/α,β-unsaturated/α-hetero) is 1. The summed E-state index contributed by atoms with van der Waals surface area (Å²) < 4.78 is 21.0.